The third kappa shape index (κ3) is 11.2. The second kappa shape index (κ2) is 16.9. The van der Waals surface area contributed by atoms with Gasteiger partial charge in [0.1, 0.15) is 6.10 Å². The van der Waals surface area contributed by atoms with E-state index in [0.717, 1.165) is 45.1 Å². The molecule has 0 radical (unpaired) electrons. The Labute approximate surface area is 192 Å². The van der Waals surface area contributed by atoms with Crippen LogP contribution in [0.2, 0.25) is 0 Å². The first-order chi connectivity index (χ1) is 15.2. The number of cyclic esters (lactones) is 1. The highest BCUT2D eigenvalue weighted by molar-refractivity contribution is 5.78. The molecule has 0 spiro atoms. The molecule has 4 atom stereocenters. The van der Waals surface area contributed by atoms with E-state index in [2.05, 4.69) is 13.8 Å². The molecule has 2 heterocycles. The zero-order valence-electron chi connectivity index (χ0n) is 20.6. The lowest BCUT2D eigenvalue weighted by Crippen LogP contribution is -2.47. The minimum absolute atomic E-state index is 0.0113. The fraction of sp³-hybridized carbons (Fsp3) is 0.963. The van der Waals surface area contributed by atoms with E-state index < -0.39 is 0 Å². The van der Waals surface area contributed by atoms with Crippen LogP contribution in [0.3, 0.4) is 0 Å². The molecule has 4 nitrogen and oxygen atoms in total. The molecule has 4 heteroatoms. The Morgan fingerprint density at radius 3 is 2.13 bits per heavy atom. The summed E-state index contributed by atoms with van der Waals surface area (Å²) < 4.78 is 17.8. The van der Waals surface area contributed by atoms with Crippen LogP contribution in [0.4, 0.5) is 0 Å². The molecule has 2 aliphatic rings. The van der Waals surface area contributed by atoms with Gasteiger partial charge in [-0.25, -0.2) is 0 Å². The first kappa shape index (κ1) is 26.6. The average molecular weight is 439 g/mol. The van der Waals surface area contributed by atoms with Crippen molar-refractivity contribution in [2.45, 2.75) is 154 Å². The number of esters is 1. The Balaban J connectivity index is 1.69. The van der Waals surface area contributed by atoms with Gasteiger partial charge < -0.3 is 14.2 Å². The second-order valence-electron chi connectivity index (χ2n) is 9.84. The summed E-state index contributed by atoms with van der Waals surface area (Å²) >= 11 is 0. The third-order valence-corrected chi connectivity index (χ3v) is 6.99. The van der Waals surface area contributed by atoms with E-state index in [1.165, 1.54) is 83.5 Å². The minimum atomic E-state index is -0.0592. The predicted octanol–water partition coefficient (Wildman–Crippen LogP) is 7.72. The van der Waals surface area contributed by atoms with Gasteiger partial charge in [0.05, 0.1) is 12.0 Å². The van der Waals surface area contributed by atoms with Crippen LogP contribution in [0.25, 0.3) is 0 Å². The van der Waals surface area contributed by atoms with Gasteiger partial charge in [-0.1, -0.05) is 97.3 Å². The molecule has 2 fully saturated rings. The normalized spacial score (nSPS) is 24.6. The van der Waals surface area contributed by atoms with Crippen LogP contribution in [0, 0.1) is 5.92 Å². The molecule has 0 saturated carbocycles. The number of ether oxygens (including phenoxy) is 3. The molecule has 0 aromatic heterocycles. The van der Waals surface area contributed by atoms with Crippen LogP contribution >= 0.6 is 0 Å². The topological polar surface area (TPSA) is 44.8 Å². The molecule has 0 aromatic carbocycles. The van der Waals surface area contributed by atoms with Crippen LogP contribution < -0.4 is 0 Å². The number of rotatable bonds is 19. The molecule has 0 N–H and O–H groups in total. The Morgan fingerprint density at radius 2 is 1.52 bits per heavy atom. The van der Waals surface area contributed by atoms with Gasteiger partial charge in [-0.15, -0.1) is 0 Å². The number of hydrogen-bond donors (Lipinski definition) is 0. The Hall–Kier alpha value is -0.610. The Morgan fingerprint density at radius 1 is 0.871 bits per heavy atom. The molecule has 182 valence electrons. The molecular weight excluding hydrogens is 388 g/mol. The van der Waals surface area contributed by atoms with Crippen LogP contribution in [-0.2, 0) is 19.0 Å². The summed E-state index contributed by atoms with van der Waals surface area (Å²) in [5, 5.41) is 0. The number of carbonyl (C=O) groups excluding carboxylic acids is 1. The van der Waals surface area contributed by atoms with Gasteiger partial charge in [-0.2, -0.15) is 0 Å². The molecule has 0 aliphatic carbocycles. The maximum Gasteiger partial charge on any atom is 0.313 e. The van der Waals surface area contributed by atoms with E-state index in [4.69, 9.17) is 14.2 Å². The largest absolute Gasteiger partial charge is 0.461 e. The highest BCUT2D eigenvalue weighted by Crippen LogP contribution is 2.33. The van der Waals surface area contributed by atoms with Crippen LogP contribution in [0.5, 0.6) is 0 Å². The monoisotopic (exact) mass is 438 g/mol. The highest BCUT2D eigenvalue weighted by atomic mass is 16.7. The first-order valence-corrected chi connectivity index (χ1v) is 13.7. The number of hydrogen-bond acceptors (Lipinski definition) is 4. The van der Waals surface area contributed by atoms with Crippen molar-refractivity contribution in [3.05, 3.63) is 0 Å². The lowest BCUT2D eigenvalue weighted by Gasteiger charge is -2.38. The van der Waals surface area contributed by atoms with Gasteiger partial charge in [-0.05, 0) is 32.1 Å². The van der Waals surface area contributed by atoms with Crippen LogP contribution in [0.1, 0.15) is 136 Å². The molecule has 2 rings (SSSR count). The summed E-state index contributed by atoms with van der Waals surface area (Å²) in [4.78, 5) is 12.0. The van der Waals surface area contributed by atoms with Crippen molar-refractivity contribution >= 4 is 5.97 Å². The van der Waals surface area contributed by atoms with E-state index in [0.29, 0.717) is 0 Å². The van der Waals surface area contributed by atoms with E-state index in [1.807, 2.05) is 0 Å². The quantitative estimate of drug-likeness (QED) is 0.153. The minimum Gasteiger partial charge on any atom is -0.461 e. The Bertz CT molecular complexity index is 447. The van der Waals surface area contributed by atoms with Crippen molar-refractivity contribution in [3.63, 3.8) is 0 Å². The SMILES string of the molecule is CCCCCCCCCCC[C@H](CC1OC(=O)C1CCCCCC)OC1CCCCO1. The molecule has 0 bridgehead atoms. The molecule has 2 aliphatic heterocycles. The molecular formula is C27H50O4. The predicted molar refractivity (Wildman–Crippen MR) is 127 cm³/mol. The zero-order chi connectivity index (χ0) is 22.2. The van der Waals surface area contributed by atoms with E-state index >= 15 is 0 Å². The molecule has 0 amide bonds. The number of unbranched alkanes of at least 4 members (excludes halogenated alkanes) is 11. The maximum absolute atomic E-state index is 12.0. The molecule has 2 saturated heterocycles. The van der Waals surface area contributed by atoms with Crippen molar-refractivity contribution in [1.29, 1.82) is 0 Å². The van der Waals surface area contributed by atoms with Gasteiger partial charge in [0, 0.05) is 13.0 Å². The van der Waals surface area contributed by atoms with Crippen molar-refractivity contribution in [3.8, 4) is 0 Å². The van der Waals surface area contributed by atoms with Crippen LogP contribution in [-0.4, -0.2) is 31.1 Å². The highest BCUT2D eigenvalue weighted by Gasteiger charge is 2.43. The van der Waals surface area contributed by atoms with Crippen molar-refractivity contribution in [1.82, 2.24) is 0 Å². The first-order valence-electron chi connectivity index (χ1n) is 13.7. The van der Waals surface area contributed by atoms with Gasteiger partial charge >= 0.3 is 5.97 Å². The second-order valence-corrected chi connectivity index (χ2v) is 9.84. The molecule has 3 unspecified atom stereocenters. The fourth-order valence-electron chi connectivity index (χ4n) is 4.92. The summed E-state index contributed by atoms with van der Waals surface area (Å²) in [6.07, 6.45) is 23.3. The van der Waals surface area contributed by atoms with E-state index in [-0.39, 0.29) is 30.4 Å². The lowest BCUT2D eigenvalue weighted by atomic mass is 9.86. The summed E-state index contributed by atoms with van der Waals surface area (Å²) in [5.74, 6) is 0.107. The maximum atomic E-state index is 12.0. The summed E-state index contributed by atoms with van der Waals surface area (Å²) in [6, 6.07) is 0. The molecule has 31 heavy (non-hydrogen) atoms. The zero-order valence-corrected chi connectivity index (χ0v) is 20.6. The number of carbonyl (C=O) groups is 1. The van der Waals surface area contributed by atoms with Gasteiger partial charge in [0.25, 0.3) is 0 Å². The lowest BCUT2D eigenvalue weighted by molar-refractivity contribution is -0.211. The Kier molecular flexibility index (Phi) is 14.6. The molecule has 0 aromatic rings. The van der Waals surface area contributed by atoms with Crippen LogP contribution in [0.15, 0.2) is 0 Å². The van der Waals surface area contributed by atoms with Crippen molar-refractivity contribution in [2.75, 3.05) is 6.61 Å². The van der Waals surface area contributed by atoms with Crippen molar-refractivity contribution in [2.24, 2.45) is 5.92 Å². The van der Waals surface area contributed by atoms with E-state index in [1.54, 1.807) is 0 Å². The smallest absolute Gasteiger partial charge is 0.313 e. The van der Waals surface area contributed by atoms with Gasteiger partial charge in [0.2, 0.25) is 0 Å². The average Bonchev–Trinajstić information content (AvgIpc) is 2.78. The van der Waals surface area contributed by atoms with Gasteiger partial charge in [0.15, 0.2) is 6.29 Å². The standard InChI is InChI=1S/C27H50O4/c1-3-5-7-9-10-11-12-13-14-18-23(30-26-20-16-17-21-29-26)22-25-24(27(28)31-25)19-15-8-6-4-2/h23-26H,3-22H2,1-2H3/t23-,24?,25?,26?/m1/s1. The van der Waals surface area contributed by atoms with Gasteiger partial charge in [-0.3, -0.25) is 4.79 Å². The van der Waals surface area contributed by atoms with Crippen molar-refractivity contribution < 1.29 is 19.0 Å². The summed E-state index contributed by atoms with van der Waals surface area (Å²) in [7, 11) is 0. The third-order valence-electron chi connectivity index (χ3n) is 6.99. The fourth-order valence-corrected chi connectivity index (χ4v) is 4.92. The summed E-state index contributed by atoms with van der Waals surface area (Å²) in [5.41, 5.74) is 0. The summed E-state index contributed by atoms with van der Waals surface area (Å²) in [6.45, 7) is 5.31. The van der Waals surface area contributed by atoms with E-state index in [9.17, 15) is 4.79 Å².